The molecule has 3 aliphatic rings. The van der Waals surface area contributed by atoms with Crippen LogP contribution >= 0.6 is 0 Å². The normalized spacial score (nSPS) is 27.9. The smallest absolute Gasteiger partial charge is 0.255 e. The lowest BCUT2D eigenvalue weighted by Gasteiger charge is -2.46. The number of carbonyl (C=O) groups is 3. The Kier molecular flexibility index (Phi) is 4.73. The van der Waals surface area contributed by atoms with E-state index in [0.717, 1.165) is 11.1 Å². The van der Waals surface area contributed by atoms with Gasteiger partial charge in [-0.1, -0.05) is 19.9 Å². The molecule has 0 saturated heterocycles. The van der Waals surface area contributed by atoms with Crippen LogP contribution < -0.4 is 5.73 Å². The molecule has 164 valence electrons. The van der Waals surface area contributed by atoms with Gasteiger partial charge in [0.25, 0.3) is 5.91 Å². The Morgan fingerprint density at radius 1 is 1.19 bits per heavy atom. The minimum atomic E-state index is -2.53. The molecule has 0 aliphatic heterocycles. The van der Waals surface area contributed by atoms with Crippen LogP contribution in [0.3, 0.4) is 0 Å². The molecule has 1 fully saturated rings. The summed E-state index contributed by atoms with van der Waals surface area (Å²) in [7, 11) is 0. The molecule has 3 aliphatic carbocycles. The van der Waals surface area contributed by atoms with Gasteiger partial charge >= 0.3 is 0 Å². The van der Waals surface area contributed by atoms with Crippen LogP contribution in [0.15, 0.2) is 29.0 Å². The van der Waals surface area contributed by atoms with Crippen LogP contribution in [0.2, 0.25) is 0 Å². The van der Waals surface area contributed by atoms with Crippen molar-refractivity contribution >= 4 is 23.2 Å². The van der Waals surface area contributed by atoms with Crippen molar-refractivity contribution in [3.05, 3.63) is 45.7 Å². The number of amides is 1. The zero-order valence-corrected chi connectivity index (χ0v) is 17.3. The van der Waals surface area contributed by atoms with E-state index in [1.807, 2.05) is 13.8 Å². The second kappa shape index (κ2) is 6.95. The molecule has 0 radical (unpaired) electrons. The van der Waals surface area contributed by atoms with Gasteiger partial charge in [0.2, 0.25) is 5.78 Å². The van der Waals surface area contributed by atoms with E-state index in [0.29, 0.717) is 18.8 Å². The van der Waals surface area contributed by atoms with Crippen molar-refractivity contribution in [3.63, 3.8) is 0 Å². The van der Waals surface area contributed by atoms with Crippen molar-refractivity contribution < 1.29 is 34.8 Å². The van der Waals surface area contributed by atoms with Crippen molar-refractivity contribution in [2.75, 3.05) is 0 Å². The monoisotopic (exact) mass is 427 g/mol. The van der Waals surface area contributed by atoms with Gasteiger partial charge in [0.05, 0.1) is 5.56 Å². The van der Waals surface area contributed by atoms with E-state index in [4.69, 9.17) is 5.73 Å². The molecule has 4 rings (SSSR count). The Balaban J connectivity index is 1.91. The van der Waals surface area contributed by atoms with Gasteiger partial charge in [-0.15, -0.1) is 0 Å². The molecule has 1 saturated carbocycles. The Morgan fingerprint density at radius 3 is 2.48 bits per heavy atom. The zero-order valence-electron chi connectivity index (χ0n) is 17.3. The summed E-state index contributed by atoms with van der Waals surface area (Å²) >= 11 is 0. The van der Waals surface area contributed by atoms with Gasteiger partial charge in [0.1, 0.15) is 22.8 Å². The van der Waals surface area contributed by atoms with Gasteiger partial charge < -0.3 is 26.2 Å². The van der Waals surface area contributed by atoms with Gasteiger partial charge in [0, 0.05) is 17.9 Å². The van der Waals surface area contributed by atoms with Gasteiger partial charge in [-0.3, -0.25) is 14.4 Å². The predicted molar refractivity (Wildman–Crippen MR) is 110 cm³/mol. The number of fused-ring (bicyclic) bond motifs is 3. The number of nitrogens with two attached hydrogens (primary N) is 1. The number of aromatic hydroxyl groups is 1. The van der Waals surface area contributed by atoms with E-state index in [2.05, 4.69) is 0 Å². The fraction of sp³-hybridized carbons (Fsp3) is 0.435. The molecule has 0 aromatic heterocycles. The van der Waals surface area contributed by atoms with Crippen LogP contribution in [0.5, 0.6) is 5.75 Å². The number of primary amides is 1. The molecule has 0 unspecified atom stereocenters. The van der Waals surface area contributed by atoms with Gasteiger partial charge in [-0.2, -0.15) is 0 Å². The molecule has 0 bridgehead atoms. The lowest BCUT2D eigenvalue weighted by atomic mass is 9.59. The SMILES string of the molecule is CC(C)Cc1ccc(O)c2c1C[C@H]1C[C@H]3CC(=O)C(C(N)=O)=C(O)[C@@]3(O)C(=O)C1=C2O. The minimum Gasteiger partial charge on any atom is -0.508 e. The fourth-order valence-corrected chi connectivity index (χ4v) is 5.32. The van der Waals surface area contributed by atoms with E-state index in [-0.39, 0.29) is 29.7 Å². The summed E-state index contributed by atoms with van der Waals surface area (Å²) in [6.07, 6.45) is 0.870. The van der Waals surface area contributed by atoms with E-state index in [1.54, 1.807) is 6.07 Å². The number of phenolic OH excluding ortho intramolecular Hbond substituents is 1. The van der Waals surface area contributed by atoms with Crippen molar-refractivity contribution in [2.45, 2.75) is 45.1 Å². The highest BCUT2D eigenvalue weighted by Gasteiger charge is 2.60. The van der Waals surface area contributed by atoms with Gasteiger partial charge in [-0.25, -0.2) is 0 Å². The Labute approximate surface area is 178 Å². The predicted octanol–water partition coefficient (Wildman–Crippen LogP) is 1.62. The first-order valence-corrected chi connectivity index (χ1v) is 10.3. The van der Waals surface area contributed by atoms with Crippen molar-refractivity contribution in [1.29, 1.82) is 0 Å². The van der Waals surface area contributed by atoms with Crippen LogP contribution in [0.1, 0.15) is 43.4 Å². The van der Waals surface area contributed by atoms with E-state index >= 15 is 0 Å². The highest BCUT2D eigenvalue weighted by Crippen LogP contribution is 2.52. The molecule has 1 amide bonds. The molecule has 0 heterocycles. The largest absolute Gasteiger partial charge is 0.508 e. The molecule has 6 N–H and O–H groups in total. The topological polar surface area (TPSA) is 158 Å². The highest BCUT2D eigenvalue weighted by molar-refractivity contribution is 6.22. The summed E-state index contributed by atoms with van der Waals surface area (Å²) in [4.78, 5) is 37.4. The maximum atomic E-state index is 13.4. The summed E-state index contributed by atoms with van der Waals surface area (Å²) in [6, 6.07) is 3.26. The van der Waals surface area contributed by atoms with Crippen LogP contribution in [-0.2, 0) is 27.2 Å². The third kappa shape index (κ3) is 2.89. The quantitative estimate of drug-likeness (QED) is 0.459. The molecule has 31 heavy (non-hydrogen) atoms. The second-order valence-electron chi connectivity index (χ2n) is 9.10. The van der Waals surface area contributed by atoms with E-state index < -0.39 is 52.0 Å². The number of aliphatic hydroxyl groups is 3. The van der Waals surface area contributed by atoms with E-state index in [1.165, 1.54) is 6.07 Å². The summed E-state index contributed by atoms with van der Waals surface area (Å²) < 4.78 is 0. The summed E-state index contributed by atoms with van der Waals surface area (Å²) in [5, 5.41) is 43.2. The Bertz CT molecular complexity index is 1100. The number of ketones is 2. The number of hydrogen-bond acceptors (Lipinski definition) is 7. The average Bonchev–Trinajstić information content (AvgIpc) is 2.66. The lowest BCUT2D eigenvalue weighted by molar-refractivity contribution is -0.147. The lowest BCUT2D eigenvalue weighted by Crippen LogP contribution is -2.58. The maximum absolute atomic E-state index is 13.4. The van der Waals surface area contributed by atoms with Crippen molar-refractivity contribution in [1.82, 2.24) is 0 Å². The minimum absolute atomic E-state index is 0.118. The van der Waals surface area contributed by atoms with Crippen LogP contribution in [0, 0.1) is 17.8 Å². The number of phenols is 1. The number of Topliss-reactive ketones (excluding diaryl/α,β-unsaturated/α-hetero) is 2. The first-order valence-electron chi connectivity index (χ1n) is 10.3. The number of benzene rings is 1. The van der Waals surface area contributed by atoms with Crippen LogP contribution in [0.25, 0.3) is 5.76 Å². The third-order valence-corrected chi connectivity index (χ3v) is 6.67. The highest BCUT2D eigenvalue weighted by atomic mass is 16.3. The van der Waals surface area contributed by atoms with Crippen LogP contribution in [0.4, 0.5) is 0 Å². The molecule has 1 aromatic rings. The third-order valence-electron chi connectivity index (χ3n) is 6.67. The molecule has 8 nitrogen and oxygen atoms in total. The Morgan fingerprint density at radius 2 is 1.87 bits per heavy atom. The maximum Gasteiger partial charge on any atom is 0.255 e. The molecule has 1 aromatic carbocycles. The second-order valence-corrected chi connectivity index (χ2v) is 9.10. The average molecular weight is 427 g/mol. The molecule has 3 atom stereocenters. The fourth-order valence-electron chi connectivity index (χ4n) is 5.32. The first-order chi connectivity index (χ1) is 14.5. The zero-order chi connectivity index (χ0) is 22.8. The van der Waals surface area contributed by atoms with Gasteiger partial charge in [-0.05, 0) is 48.3 Å². The number of hydrogen-bond donors (Lipinski definition) is 5. The molecule has 8 heteroatoms. The summed E-state index contributed by atoms with van der Waals surface area (Å²) in [5.41, 5.74) is 3.57. The number of aliphatic hydroxyl groups excluding tert-OH is 2. The van der Waals surface area contributed by atoms with Crippen molar-refractivity contribution in [3.8, 4) is 5.75 Å². The number of carbonyl (C=O) groups excluding carboxylic acids is 3. The van der Waals surface area contributed by atoms with Crippen LogP contribution in [-0.4, -0.2) is 43.5 Å². The molecular formula is C23H25NO7. The summed E-state index contributed by atoms with van der Waals surface area (Å²) in [5.74, 6) is -5.77. The standard InChI is InChI=1S/C23H25NO7/c1-9(2)5-10-3-4-14(25)17-13(10)7-11-6-12-8-15(26)18(22(24)30)21(29)23(12,31)20(28)16(11)19(17)27/h3-4,9,11-12,25,27,29,31H,5-8H2,1-2H3,(H2,24,30)/t11-,12+,23+/m1/s1. The number of rotatable bonds is 3. The first kappa shape index (κ1) is 21.1. The molecule has 0 spiro atoms. The van der Waals surface area contributed by atoms with Crippen molar-refractivity contribution in [2.24, 2.45) is 23.5 Å². The van der Waals surface area contributed by atoms with Gasteiger partial charge in [0.15, 0.2) is 11.4 Å². The summed E-state index contributed by atoms with van der Waals surface area (Å²) in [6.45, 7) is 4.10. The Hall–Kier alpha value is -3.13. The van der Waals surface area contributed by atoms with E-state index in [9.17, 15) is 34.8 Å². The molecular weight excluding hydrogens is 402 g/mol.